The first-order chi connectivity index (χ1) is 13.7. The second-order valence-corrected chi connectivity index (χ2v) is 7.15. The Hall–Kier alpha value is -2.71. The van der Waals surface area contributed by atoms with Crippen LogP contribution in [0.4, 0.5) is 17.2 Å². The van der Waals surface area contributed by atoms with Gasteiger partial charge in [-0.05, 0) is 31.3 Å². The Morgan fingerprint density at radius 1 is 0.964 bits per heavy atom. The molecule has 2 fully saturated rings. The van der Waals surface area contributed by atoms with E-state index in [9.17, 15) is 4.79 Å². The van der Waals surface area contributed by atoms with Crippen molar-refractivity contribution < 1.29 is 9.53 Å². The van der Waals surface area contributed by atoms with Crippen LogP contribution in [0.5, 0.6) is 0 Å². The molecule has 2 aromatic rings. The number of rotatable bonds is 4. The van der Waals surface area contributed by atoms with Gasteiger partial charge in [0.1, 0.15) is 11.5 Å². The molecule has 0 radical (unpaired) electrons. The third-order valence-electron chi connectivity index (χ3n) is 5.18. The lowest BCUT2D eigenvalue weighted by Crippen LogP contribution is -2.44. The zero-order chi connectivity index (χ0) is 19.3. The highest BCUT2D eigenvalue weighted by Gasteiger charge is 2.20. The van der Waals surface area contributed by atoms with Crippen molar-refractivity contribution in [3.8, 4) is 0 Å². The van der Waals surface area contributed by atoms with E-state index in [1.165, 1.54) is 11.9 Å². The molecule has 0 aliphatic carbocycles. The van der Waals surface area contributed by atoms with E-state index in [4.69, 9.17) is 4.74 Å². The van der Waals surface area contributed by atoms with Crippen LogP contribution in [-0.2, 0) is 4.74 Å². The van der Waals surface area contributed by atoms with Crippen molar-refractivity contribution in [2.24, 2.45) is 0 Å². The Bertz CT molecular complexity index is 781. The third-order valence-corrected chi connectivity index (χ3v) is 5.18. The molecule has 1 N–H and O–H groups in total. The maximum Gasteiger partial charge on any atom is 0.274 e. The molecule has 148 valence electrons. The number of ether oxygens (including phenoxy) is 1. The molecule has 1 amide bonds. The van der Waals surface area contributed by atoms with Crippen LogP contribution >= 0.6 is 0 Å². The largest absolute Gasteiger partial charge is 0.378 e. The van der Waals surface area contributed by atoms with Crippen LogP contribution in [0.3, 0.4) is 0 Å². The summed E-state index contributed by atoms with van der Waals surface area (Å²) in [5.41, 5.74) is 2.54. The van der Waals surface area contributed by atoms with E-state index in [2.05, 4.69) is 44.3 Å². The Kier molecular flexibility index (Phi) is 5.68. The molecule has 4 rings (SSSR count). The van der Waals surface area contributed by atoms with Gasteiger partial charge in [0.2, 0.25) is 0 Å². The minimum absolute atomic E-state index is 0.0983. The number of likely N-dealkylation sites (N-methyl/N-ethyl adjacent to an activating group) is 1. The average molecular weight is 382 g/mol. The molecule has 0 saturated carbocycles. The summed E-state index contributed by atoms with van der Waals surface area (Å²) in [6, 6.07) is 8.33. The maximum atomic E-state index is 12.4. The minimum Gasteiger partial charge on any atom is -0.378 e. The van der Waals surface area contributed by atoms with E-state index < -0.39 is 0 Å². The van der Waals surface area contributed by atoms with Crippen molar-refractivity contribution in [1.29, 1.82) is 0 Å². The van der Waals surface area contributed by atoms with Gasteiger partial charge in [-0.1, -0.05) is 0 Å². The van der Waals surface area contributed by atoms with Gasteiger partial charge in [0.25, 0.3) is 5.91 Å². The second-order valence-electron chi connectivity index (χ2n) is 7.15. The van der Waals surface area contributed by atoms with Gasteiger partial charge in [0, 0.05) is 50.6 Å². The molecule has 3 heterocycles. The van der Waals surface area contributed by atoms with Gasteiger partial charge in [0.05, 0.1) is 25.6 Å². The van der Waals surface area contributed by atoms with Crippen LogP contribution in [-0.4, -0.2) is 85.2 Å². The predicted octanol–water partition coefficient (Wildman–Crippen LogP) is 1.44. The number of nitrogens with one attached hydrogen (secondary N) is 1. The van der Waals surface area contributed by atoms with E-state index >= 15 is 0 Å². The number of aromatic nitrogens is 2. The van der Waals surface area contributed by atoms with Crippen molar-refractivity contribution in [3.63, 3.8) is 0 Å². The number of piperazine rings is 1. The van der Waals surface area contributed by atoms with Gasteiger partial charge in [-0.25, -0.2) is 9.97 Å². The smallest absolute Gasteiger partial charge is 0.274 e. The van der Waals surface area contributed by atoms with E-state index in [0.717, 1.165) is 31.9 Å². The number of morpholine rings is 1. The normalized spacial score (nSPS) is 18.2. The molecule has 0 bridgehead atoms. The number of nitrogens with zero attached hydrogens (tertiary/aromatic N) is 5. The van der Waals surface area contributed by atoms with Crippen molar-refractivity contribution in [3.05, 3.63) is 42.4 Å². The first-order valence-corrected chi connectivity index (χ1v) is 9.69. The minimum atomic E-state index is -0.0983. The Morgan fingerprint density at radius 2 is 1.68 bits per heavy atom. The summed E-state index contributed by atoms with van der Waals surface area (Å²) < 4.78 is 5.28. The molecular weight excluding hydrogens is 356 g/mol. The zero-order valence-electron chi connectivity index (χ0n) is 16.2. The third kappa shape index (κ3) is 4.40. The lowest BCUT2D eigenvalue weighted by molar-refractivity contribution is 0.0298. The van der Waals surface area contributed by atoms with Gasteiger partial charge >= 0.3 is 0 Å². The fourth-order valence-corrected chi connectivity index (χ4v) is 3.40. The monoisotopic (exact) mass is 382 g/mol. The van der Waals surface area contributed by atoms with Crippen LogP contribution < -0.4 is 10.2 Å². The first kappa shape index (κ1) is 18.6. The Balaban J connectivity index is 1.35. The standard InChI is InChI=1S/C20H26N6O2/c1-24-6-8-25(9-7-24)17-4-2-16(3-5-17)23-19-15-21-18(14-22-19)20(27)26-10-12-28-13-11-26/h2-5,14-15H,6-13H2,1H3,(H,22,23). The average Bonchev–Trinajstić information content (AvgIpc) is 2.76. The molecule has 0 atom stereocenters. The SMILES string of the molecule is CN1CCN(c2ccc(Nc3cnc(C(=O)N4CCOCC4)cn3)cc2)CC1. The maximum absolute atomic E-state index is 12.4. The summed E-state index contributed by atoms with van der Waals surface area (Å²) in [6.45, 7) is 6.61. The van der Waals surface area contributed by atoms with Crippen LogP contribution in [0, 0.1) is 0 Å². The lowest BCUT2D eigenvalue weighted by Gasteiger charge is -2.34. The lowest BCUT2D eigenvalue weighted by atomic mass is 10.2. The van der Waals surface area contributed by atoms with Crippen molar-refractivity contribution in [1.82, 2.24) is 19.8 Å². The molecule has 8 nitrogen and oxygen atoms in total. The molecule has 2 saturated heterocycles. The van der Waals surface area contributed by atoms with Crippen LogP contribution in [0.2, 0.25) is 0 Å². The molecule has 0 unspecified atom stereocenters. The number of carbonyl (C=O) groups excluding carboxylic acids is 1. The zero-order valence-corrected chi connectivity index (χ0v) is 16.2. The topological polar surface area (TPSA) is 73.8 Å². The number of carbonyl (C=O) groups is 1. The second kappa shape index (κ2) is 8.53. The molecule has 28 heavy (non-hydrogen) atoms. The number of amides is 1. The number of hydrogen-bond acceptors (Lipinski definition) is 7. The highest BCUT2D eigenvalue weighted by atomic mass is 16.5. The molecular formula is C20H26N6O2. The quantitative estimate of drug-likeness (QED) is 0.858. The van der Waals surface area contributed by atoms with Gasteiger partial charge < -0.3 is 24.8 Å². The van der Waals surface area contributed by atoms with Crippen molar-refractivity contribution >= 4 is 23.1 Å². The molecule has 2 aliphatic heterocycles. The summed E-state index contributed by atoms with van der Waals surface area (Å²) in [4.78, 5) is 27.5. The van der Waals surface area contributed by atoms with E-state index in [0.29, 0.717) is 37.8 Å². The Morgan fingerprint density at radius 3 is 2.32 bits per heavy atom. The van der Waals surface area contributed by atoms with Gasteiger partial charge in [-0.15, -0.1) is 0 Å². The number of hydrogen-bond donors (Lipinski definition) is 1. The summed E-state index contributed by atoms with van der Waals surface area (Å²) in [5, 5.41) is 3.24. The molecule has 1 aromatic carbocycles. The van der Waals surface area contributed by atoms with E-state index in [-0.39, 0.29) is 5.91 Å². The number of benzene rings is 1. The van der Waals surface area contributed by atoms with Gasteiger partial charge in [-0.2, -0.15) is 0 Å². The molecule has 8 heteroatoms. The highest BCUT2D eigenvalue weighted by Crippen LogP contribution is 2.21. The summed E-state index contributed by atoms with van der Waals surface area (Å²) in [7, 11) is 2.16. The van der Waals surface area contributed by atoms with Crippen LogP contribution in [0.1, 0.15) is 10.5 Å². The molecule has 0 spiro atoms. The van der Waals surface area contributed by atoms with E-state index in [1.54, 1.807) is 11.1 Å². The Labute approximate surface area is 165 Å². The van der Waals surface area contributed by atoms with Crippen LogP contribution in [0.25, 0.3) is 0 Å². The summed E-state index contributed by atoms with van der Waals surface area (Å²) in [6.07, 6.45) is 3.13. The summed E-state index contributed by atoms with van der Waals surface area (Å²) in [5.74, 6) is 0.518. The number of anilines is 3. The molecule has 1 aromatic heterocycles. The van der Waals surface area contributed by atoms with Crippen molar-refractivity contribution in [2.75, 3.05) is 69.7 Å². The fraction of sp³-hybridized carbons (Fsp3) is 0.450. The predicted molar refractivity (Wildman–Crippen MR) is 108 cm³/mol. The fourth-order valence-electron chi connectivity index (χ4n) is 3.40. The van der Waals surface area contributed by atoms with Crippen molar-refractivity contribution in [2.45, 2.75) is 0 Å². The summed E-state index contributed by atoms with van der Waals surface area (Å²) >= 11 is 0. The van der Waals surface area contributed by atoms with Gasteiger partial charge in [-0.3, -0.25) is 4.79 Å². The highest BCUT2D eigenvalue weighted by molar-refractivity contribution is 5.92. The van der Waals surface area contributed by atoms with E-state index in [1.807, 2.05) is 12.1 Å². The van der Waals surface area contributed by atoms with Gasteiger partial charge in [0.15, 0.2) is 0 Å². The van der Waals surface area contributed by atoms with Crippen LogP contribution in [0.15, 0.2) is 36.7 Å². The molecule has 2 aliphatic rings. The first-order valence-electron chi connectivity index (χ1n) is 9.69.